The Balaban J connectivity index is 2.21. The van der Waals surface area contributed by atoms with Crippen molar-refractivity contribution in [3.8, 4) is 0 Å². The van der Waals surface area contributed by atoms with Gasteiger partial charge >= 0.3 is 5.97 Å². The number of hydrogen-bond donors (Lipinski definition) is 2. The fourth-order valence-corrected chi connectivity index (χ4v) is 2.13. The highest BCUT2D eigenvalue weighted by Gasteiger charge is 2.29. The van der Waals surface area contributed by atoms with Crippen LogP contribution in [0.25, 0.3) is 0 Å². The van der Waals surface area contributed by atoms with Gasteiger partial charge in [0.1, 0.15) is 11.8 Å². The molecule has 2 rings (SSSR count). The van der Waals surface area contributed by atoms with Crippen LogP contribution in [-0.4, -0.2) is 34.1 Å². The molecule has 8 nitrogen and oxygen atoms in total. The summed E-state index contributed by atoms with van der Waals surface area (Å²) in [4.78, 5) is 33.0. The Morgan fingerprint density at radius 2 is 2.14 bits per heavy atom. The van der Waals surface area contributed by atoms with Gasteiger partial charge in [-0.1, -0.05) is 0 Å². The Bertz CT molecular complexity index is 600. The molecule has 1 aromatic carbocycles. The molecule has 112 valence electrons. The molecule has 1 amide bonds. The number of nitrogens with zero attached hydrogens (tertiary/aromatic N) is 1. The van der Waals surface area contributed by atoms with E-state index in [4.69, 9.17) is 9.84 Å². The van der Waals surface area contributed by atoms with Crippen LogP contribution in [0.2, 0.25) is 0 Å². The van der Waals surface area contributed by atoms with Gasteiger partial charge in [0.15, 0.2) is 0 Å². The van der Waals surface area contributed by atoms with Gasteiger partial charge in [-0.05, 0) is 31.9 Å². The molecule has 1 aliphatic rings. The lowest BCUT2D eigenvalue weighted by Crippen LogP contribution is -2.28. The second-order valence-corrected chi connectivity index (χ2v) is 4.80. The second-order valence-electron chi connectivity index (χ2n) is 4.80. The van der Waals surface area contributed by atoms with E-state index in [1.807, 2.05) is 6.92 Å². The normalized spacial score (nSPS) is 21.0. The smallest absolute Gasteiger partial charge is 0.335 e. The molecule has 8 heteroatoms. The molecule has 0 aliphatic carbocycles. The van der Waals surface area contributed by atoms with Gasteiger partial charge in [0.25, 0.3) is 11.6 Å². The third-order valence-corrected chi connectivity index (χ3v) is 3.22. The van der Waals surface area contributed by atoms with E-state index >= 15 is 0 Å². The average molecular weight is 294 g/mol. The molecule has 0 radical (unpaired) electrons. The molecule has 1 fully saturated rings. The van der Waals surface area contributed by atoms with Crippen molar-refractivity contribution in [1.29, 1.82) is 0 Å². The molecule has 0 spiro atoms. The highest BCUT2D eigenvalue weighted by atomic mass is 16.6. The summed E-state index contributed by atoms with van der Waals surface area (Å²) in [6.45, 7) is 1.84. The number of nitro benzene ring substituents is 1. The van der Waals surface area contributed by atoms with Crippen LogP contribution in [-0.2, 0) is 9.53 Å². The molecule has 2 atom stereocenters. The summed E-state index contributed by atoms with van der Waals surface area (Å²) in [7, 11) is 0. The van der Waals surface area contributed by atoms with Crippen LogP contribution in [0.5, 0.6) is 0 Å². The maximum atomic E-state index is 12.0. The Kier molecular flexibility index (Phi) is 4.18. The monoisotopic (exact) mass is 294 g/mol. The third kappa shape index (κ3) is 3.34. The summed E-state index contributed by atoms with van der Waals surface area (Å²) in [6.07, 6.45) is 0.635. The number of rotatable bonds is 4. The van der Waals surface area contributed by atoms with Gasteiger partial charge < -0.3 is 15.2 Å². The van der Waals surface area contributed by atoms with Crippen molar-refractivity contribution in [3.63, 3.8) is 0 Å². The summed E-state index contributed by atoms with van der Waals surface area (Å²) >= 11 is 0. The van der Waals surface area contributed by atoms with Crippen molar-refractivity contribution < 1.29 is 24.4 Å². The first-order valence-electron chi connectivity index (χ1n) is 6.36. The number of ether oxygens (including phenoxy) is 1. The molecule has 1 aliphatic heterocycles. The van der Waals surface area contributed by atoms with Crippen molar-refractivity contribution in [1.82, 2.24) is 0 Å². The van der Waals surface area contributed by atoms with E-state index < -0.39 is 28.6 Å². The molecule has 0 saturated carbocycles. The van der Waals surface area contributed by atoms with Crippen LogP contribution >= 0.6 is 0 Å². The fraction of sp³-hybridized carbons (Fsp3) is 0.385. The topological polar surface area (TPSA) is 119 Å². The Hall–Kier alpha value is -2.48. The number of nitro groups is 1. The van der Waals surface area contributed by atoms with Crippen molar-refractivity contribution in [2.45, 2.75) is 32.0 Å². The zero-order valence-electron chi connectivity index (χ0n) is 11.2. The van der Waals surface area contributed by atoms with E-state index in [2.05, 4.69) is 5.32 Å². The number of hydrogen-bond acceptors (Lipinski definition) is 5. The molecule has 2 N–H and O–H groups in total. The Morgan fingerprint density at radius 1 is 1.43 bits per heavy atom. The highest BCUT2D eigenvalue weighted by Crippen LogP contribution is 2.27. The first kappa shape index (κ1) is 14.9. The summed E-state index contributed by atoms with van der Waals surface area (Å²) in [6, 6.07) is 3.32. The molecule has 0 aromatic heterocycles. The summed E-state index contributed by atoms with van der Waals surface area (Å²) < 4.78 is 5.38. The van der Waals surface area contributed by atoms with Crippen molar-refractivity contribution in [3.05, 3.63) is 33.9 Å². The standard InChI is InChI=1S/C13H14N2O6/c1-7-2-5-11(21-7)12(16)14-9-4-3-8(13(17)18)6-10(9)15(19)20/h3-4,6-7,11H,2,5H2,1H3,(H,14,16)(H,17,18). The third-order valence-electron chi connectivity index (χ3n) is 3.22. The van der Waals surface area contributed by atoms with Gasteiger partial charge in [-0.3, -0.25) is 14.9 Å². The zero-order chi connectivity index (χ0) is 15.6. The Labute approximate surface area is 119 Å². The lowest BCUT2D eigenvalue weighted by molar-refractivity contribution is -0.384. The minimum atomic E-state index is -1.27. The first-order chi connectivity index (χ1) is 9.88. The minimum absolute atomic E-state index is 0.0230. The van der Waals surface area contributed by atoms with Crippen molar-refractivity contribution >= 4 is 23.3 Å². The number of amides is 1. The van der Waals surface area contributed by atoms with E-state index in [1.54, 1.807) is 0 Å². The first-order valence-corrected chi connectivity index (χ1v) is 6.36. The summed E-state index contributed by atoms with van der Waals surface area (Å²) in [5.74, 6) is -1.74. The maximum absolute atomic E-state index is 12.0. The maximum Gasteiger partial charge on any atom is 0.335 e. The molecule has 1 aromatic rings. The van der Waals surface area contributed by atoms with E-state index in [0.717, 1.165) is 12.5 Å². The molecule has 0 bridgehead atoms. The van der Waals surface area contributed by atoms with Crippen LogP contribution < -0.4 is 5.32 Å². The van der Waals surface area contributed by atoms with E-state index in [-0.39, 0.29) is 17.4 Å². The predicted molar refractivity (Wildman–Crippen MR) is 72.3 cm³/mol. The quantitative estimate of drug-likeness (QED) is 0.645. The number of nitrogens with one attached hydrogen (secondary N) is 1. The van der Waals surface area contributed by atoms with Gasteiger partial charge in [0.2, 0.25) is 0 Å². The van der Waals surface area contributed by atoms with Crippen LogP contribution in [0, 0.1) is 10.1 Å². The Morgan fingerprint density at radius 3 is 2.67 bits per heavy atom. The lowest BCUT2D eigenvalue weighted by Gasteiger charge is -2.12. The highest BCUT2D eigenvalue weighted by molar-refractivity contribution is 5.97. The fourth-order valence-electron chi connectivity index (χ4n) is 2.13. The number of carbonyl (C=O) groups excluding carboxylic acids is 1. The van der Waals surface area contributed by atoms with Gasteiger partial charge in [-0.15, -0.1) is 0 Å². The van der Waals surface area contributed by atoms with Gasteiger partial charge in [0.05, 0.1) is 16.6 Å². The zero-order valence-corrected chi connectivity index (χ0v) is 11.2. The predicted octanol–water partition coefficient (Wildman–Crippen LogP) is 1.80. The number of benzene rings is 1. The molecule has 1 heterocycles. The van der Waals surface area contributed by atoms with Gasteiger partial charge in [-0.2, -0.15) is 0 Å². The summed E-state index contributed by atoms with van der Waals surface area (Å²) in [5.41, 5.74) is -0.724. The van der Waals surface area contributed by atoms with E-state index in [9.17, 15) is 19.7 Å². The lowest BCUT2D eigenvalue weighted by atomic mass is 10.1. The van der Waals surface area contributed by atoms with E-state index in [0.29, 0.717) is 6.42 Å². The second kappa shape index (κ2) is 5.88. The number of carboxylic acids is 1. The van der Waals surface area contributed by atoms with Crippen LogP contribution in [0.1, 0.15) is 30.1 Å². The van der Waals surface area contributed by atoms with Gasteiger partial charge in [-0.25, -0.2) is 4.79 Å². The molecular weight excluding hydrogens is 280 g/mol. The number of carbonyl (C=O) groups is 2. The van der Waals surface area contributed by atoms with Crippen LogP contribution in [0.3, 0.4) is 0 Å². The van der Waals surface area contributed by atoms with Crippen molar-refractivity contribution in [2.75, 3.05) is 5.32 Å². The molecule has 21 heavy (non-hydrogen) atoms. The minimum Gasteiger partial charge on any atom is -0.478 e. The summed E-state index contributed by atoms with van der Waals surface area (Å²) in [5, 5.41) is 22.2. The largest absolute Gasteiger partial charge is 0.478 e. The molecule has 2 unspecified atom stereocenters. The van der Waals surface area contributed by atoms with Crippen LogP contribution in [0.15, 0.2) is 18.2 Å². The van der Waals surface area contributed by atoms with E-state index in [1.165, 1.54) is 12.1 Å². The van der Waals surface area contributed by atoms with Crippen molar-refractivity contribution in [2.24, 2.45) is 0 Å². The average Bonchev–Trinajstić information content (AvgIpc) is 2.85. The molecular formula is C13H14N2O6. The van der Waals surface area contributed by atoms with Gasteiger partial charge in [0, 0.05) is 6.07 Å². The number of carboxylic acid groups (broad SMARTS) is 1. The van der Waals surface area contributed by atoms with Crippen LogP contribution in [0.4, 0.5) is 11.4 Å². The number of anilines is 1. The SMILES string of the molecule is CC1CCC(C(=O)Nc2ccc(C(=O)O)cc2[N+](=O)[O-])O1. The molecule has 1 saturated heterocycles. The number of aromatic carboxylic acids is 1.